The second kappa shape index (κ2) is 4.18. The van der Waals surface area contributed by atoms with Crippen molar-refractivity contribution in [1.29, 1.82) is 5.41 Å². The van der Waals surface area contributed by atoms with Gasteiger partial charge in [-0.05, 0) is 41.1 Å². The zero-order valence-corrected chi connectivity index (χ0v) is 8.80. The maximum atomic E-state index is 7.62. The van der Waals surface area contributed by atoms with Crippen LogP contribution in [0.2, 0.25) is 0 Å². The number of aromatic nitrogens is 1. The van der Waals surface area contributed by atoms with Crippen LogP contribution in [-0.4, -0.2) is 10.7 Å². The smallest absolute Gasteiger partial charge is 0.106 e. The van der Waals surface area contributed by atoms with Crippen LogP contribution >= 0.6 is 15.9 Å². The van der Waals surface area contributed by atoms with Crippen molar-refractivity contribution in [3.8, 4) is 0 Å². The molecule has 1 aromatic heterocycles. The number of pyridine rings is 1. The lowest BCUT2D eigenvalue weighted by Crippen LogP contribution is -2.02. The molecule has 0 aromatic carbocycles. The van der Waals surface area contributed by atoms with Crippen molar-refractivity contribution in [2.45, 2.75) is 6.92 Å². The van der Waals surface area contributed by atoms with E-state index in [1.165, 1.54) is 0 Å². The molecule has 0 bridgehead atoms. The molecule has 0 aliphatic rings. The van der Waals surface area contributed by atoms with Crippen LogP contribution in [-0.2, 0) is 0 Å². The van der Waals surface area contributed by atoms with Gasteiger partial charge in [0.05, 0.1) is 11.4 Å². The molecule has 0 aliphatic heterocycles. The molecule has 1 heterocycles. The second-order valence-corrected chi connectivity index (χ2v) is 3.46. The first-order valence-electron chi connectivity index (χ1n) is 3.75. The predicted octanol–water partition coefficient (Wildman–Crippen LogP) is 2.07. The van der Waals surface area contributed by atoms with Gasteiger partial charge in [-0.1, -0.05) is 6.07 Å². The van der Waals surface area contributed by atoms with E-state index in [9.17, 15) is 0 Å². The fraction of sp³-hybridized carbons (Fsp3) is 0.111. The molecule has 0 spiro atoms. The van der Waals surface area contributed by atoms with E-state index < -0.39 is 0 Å². The van der Waals surface area contributed by atoms with Gasteiger partial charge in [0, 0.05) is 5.70 Å². The van der Waals surface area contributed by atoms with Gasteiger partial charge in [0.15, 0.2) is 0 Å². The van der Waals surface area contributed by atoms with Gasteiger partial charge in [0.1, 0.15) is 4.60 Å². The largest absolute Gasteiger partial charge is 0.402 e. The molecule has 0 aliphatic carbocycles. The Kier molecular flexibility index (Phi) is 3.19. The van der Waals surface area contributed by atoms with Crippen molar-refractivity contribution >= 4 is 21.6 Å². The Morgan fingerprint density at radius 3 is 2.85 bits per heavy atom. The molecule has 3 nitrogen and oxygen atoms in total. The zero-order chi connectivity index (χ0) is 9.84. The maximum absolute atomic E-state index is 7.62. The van der Waals surface area contributed by atoms with E-state index >= 15 is 0 Å². The van der Waals surface area contributed by atoms with Crippen LogP contribution in [0.4, 0.5) is 0 Å². The van der Waals surface area contributed by atoms with Crippen molar-refractivity contribution in [2.24, 2.45) is 5.73 Å². The second-order valence-electron chi connectivity index (χ2n) is 2.65. The highest BCUT2D eigenvalue weighted by atomic mass is 79.9. The van der Waals surface area contributed by atoms with Gasteiger partial charge >= 0.3 is 0 Å². The topological polar surface area (TPSA) is 62.8 Å². The SMILES string of the molecule is CC(N)=CC(=N)c1cccc(Br)n1. The number of rotatable bonds is 2. The van der Waals surface area contributed by atoms with Crippen molar-refractivity contribution in [3.05, 3.63) is 40.3 Å². The minimum Gasteiger partial charge on any atom is -0.402 e. The summed E-state index contributed by atoms with van der Waals surface area (Å²) in [6.07, 6.45) is 1.58. The highest BCUT2D eigenvalue weighted by molar-refractivity contribution is 9.10. The number of hydrogen-bond acceptors (Lipinski definition) is 3. The molecule has 1 rings (SSSR count). The minimum atomic E-state index is 0.321. The van der Waals surface area contributed by atoms with E-state index in [1.54, 1.807) is 19.1 Å². The predicted molar refractivity (Wildman–Crippen MR) is 56.7 cm³/mol. The molecule has 0 radical (unpaired) electrons. The molecule has 0 saturated carbocycles. The Hall–Kier alpha value is -1.16. The first kappa shape index (κ1) is 9.92. The van der Waals surface area contributed by atoms with Crippen LogP contribution in [0.5, 0.6) is 0 Å². The summed E-state index contributed by atoms with van der Waals surface area (Å²) >= 11 is 3.24. The number of nitrogens with zero attached hydrogens (tertiary/aromatic N) is 1. The fourth-order valence-electron chi connectivity index (χ4n) is 0.860. The molecule has 1 aromatic rings. The van der Waals surface area contributed by atoms with Gasteiger partial charge in [-0.3, -0.25) is 5.41 Å². The van der Waals surface area contributed by atoms with Gasteiger partial charge < -0.3 is 5.73 Å². The average Bonchev–Trinajstić information content (AvgIpc) is 2.03. The summed E-state index contributed by atoms with van der Waals surface area (Å²) in [5, 5.41) is 7.62. The normalized spacial score (nSPS) is 11.4. The van der Waals surface area contributed by atoms with Gasteiger partial charge in [-0.25, -0.2) is 4.98 Å². The summed E-state index contributed by atoms with van der Waals surface area (Å²) in [7, 11) is 0. The molecule has 0 unspecified atom stereocenters. The summed E-state index contributed by atoms with van der Waals surface area (Å²) in [5.74, 6) is 0. The lowest BCUT2D eigenvalue weighted by Gasteiger charge is -1.98. The zero-order valence-electron chi connectivity index (χ0n) is 7.21. The molecule has 0 atom stereocenters. The van der Waals surface area contributed by atoms with E-state index in [4.69, 9.17) is 11.1 Å². The number of allylic oxidation sites excluding steroid dienone is 2. The van der Waals surface area contributed by atoms with Crippen molar-refractivity contribution < 1.29 is 0 Å². The Labute approximate surface area is 85.3 Å². The highest BCUT2D eigenvalue weighted by Crippen LogP contribution is 2.07. The number of hydrogen-bond donors (Lipinski definition) is 2. The molecule has 0 fully saturated rings. The van der Waals surface area contributed by atoms with Crippen LogP contribution in [0.15, 0.2) is 34.6 Å². The molecule has 68 valence electrons. The number of nitrogens with two attached hydrogens (primary N) is 1. The minimum absolute atomic E-state index is 0.321. The van der Waals surface area contributed by atoms with Crippen molar-refractivity contribution in [1.82, 2.24) is 4.98 Å². The van der Waals surface area contributed by atoms with Gasteiger partial charge in [-0.2, -0.15) is 0 Å². The Morgan fingerprint density at radius 2 is 2.31 bits per heavy atom. The van der Waals surface area contributed by atoms with Crippen LogP contribution in [0.25, 0.3) is 0 Å². The fourth-order valence-corrected chi connectivity index (χ4v) is 1.20. The summed E-state index contributed by atoms with van der Waals surface area (Å²) in [4.78, 5) is 4.12. The average molecular weight is 240 g/mol. The van der Waals surface area contributed by atoms with Crippen LogP contribution in [0.1, 0.15) is 12.6 Å². The summed E-state index contributed by atoms with van der Waals surface area (Å²) in [6, 6.07) is 5.42. The monoisotopic (exact) mass is 239 g/mol. The summed E-state index contributed by atoms with van der Waals surface area (Å²) < 4.78 is 0.720. The Morgan fingerprint density at radius 1 is 1.62 bits per heavy atom. The third kappa shape index (κ3) is 2.99. The number of halogens is 1. The molecule has 0 amide bonds. The Bertz CT molecular complexity index is 354. The number of nitrogens with one attached hydrogen (secondary N) is 1. The van der Waals surface area contributed by atoms with Crippen molar-refractivity contribution in [2.75, 3.05) is 0 Å². The Balaban J connectivity index is 2.96. The third-order valence-corrected chi connectivity index (χ3v) is 1.80. The molecule has 0 saturated heterocycles. The van der Waals surface area contributed by atoms with Gasteiger partial charge in [0.25, 0.3) is 0 Å². The van der Waals surface area contributed by atoms with Crippen LogP contribution < -0.4 is 5.73 Å². The highest BCUT2D eigenvalue weighted by Gasteiger charge is 1.99. The van der Waals surface area contributed by atoms with E-state index in [1.807, 2.05) is 12.1 Å². The van der Waals surface area contributed by atoms with E-state index in [0.717, 1.165) is 4.60 Å². The molecular formula is C9H10BrN3. The maximum Gasteiger partial charge on any atom is 0.106 e. The quantitative estimate of drug-likeness (QED) is 0.614. The molecular weight excluding hydrogens is 230 g/mol. The summed E-state index contributed by atoms with van der Waals surface area (Å²) in [6.45, 7) is 1.74. The van der Waals surface area contributed by atoms with E-state index in [-0.39, 0.29) is 0 Å². The molecule has 13 heavy (non-hydrogen) atoms. The van der Waals surface area contributed by atoms with E-state index in [2.05, 4.69) is 20.9 Å². The van der Waals surface area contributed by atoms with E-state index in [0.29, 0.717) is 17.1 Å². The molecule has 3 N–H and O–H groups in total. The van der Waals surface area contributed by atoms with Gasteiger partial charge in [-0.15, -0.1) is 0 Å². The third-order valence-electron chi connectivity index (χ3n) is 1.36. The van der Waals surface area contributed by atoms with Gasteiger partial charge in [0.2, 0.25) is 0 Å². The lowest BCUT2D eigenvalue weighted by molar-refractivity contribution is 1.23. The first-order chi connectivity index (χ1) is 6.09. The standard InChI is InChI=1S/C9H10BrN3/c1-6(11)5-7(12)8-3-2-4-9(10)13-8/h2-5,12H,11H2,1H3. The molecule has 4 heteroatoms. The first-order valence-corrected chi connectivity index (χ1v) is 4.54. The summed E-state index contributed by atoms with van der Waals surface area (Å²) in [5.41, 5.74) is 6.98. The van der Waals surface area contributed by atoms with Crippen LogP contribution in [0, 0.1) is 5.41 Å². The van der Waals surface area contributed by atoms with Crippen LogP contribution in [0.3, 0.4) is 0 Å². The lowest BCUT2D eigenvalue weighted by atomic mass is 10.2. The van der Waals surface area contributed by atoms with Crippen molar-refractivity contribution in [3.63, 3.8) is 0 Å².